The highest BCUT2D eigenvalue weighted by molar-refractivity contribution is 5.05. The SMILES string of the molecule is CCCn1nncc1C(NCC)C1CCCC(CC)C1. The minimum absolute atomic E-state index is 0.427. The molecule has 1 fully saturated rings. The van der Waals surface area contributed by atoms with Crippen molar-refractivity contribution in [3.63, 3.8) is 0 Å². The zero-order chi connectivity index (χ0) is 14.4. The Morgan fingerprint density at radius 1 is 1.35 bits per heavy atom. The van der Waals surface area contributed by atoms with Gasteiger partial charge < -0.3 is 5.32 Å². The van der Waals surface area contributed by atoms with Crippen molar-refractivity contribution in [3.05, 3.63) is 11.9 Å². The molecular weight excluding hydrogens is 248 g/mol. The Bertz CT molecular complexity index is 388. The van der Waals surface area contributed by atoms with Crippen LogP contribution in [0.4, 0.5) is 0 Å². The average molecular weight is 278 g/mol. The van der Waals surface area contributed by atoms with Crippen LogP contribution in [0.5, 0.6) is 0 Å². The Hall–Kier alpha value is -0.900. The van der Waals surface area contributed by atoms with Gasteiger partial charge in [0.15, 0.2) is 0 Å². The highest BCUT2D eigenvalue weighted by Gasteiger charge is 2.30. The normalized spacial score (nSPS) is 24.8. The molecule has 0 aliphatic heterocycles. The van der Waals surface area contributed by atoms with Gasteiger partial charge in [0, 0.05) is 6.54 Å². The van der Waals surface area contributed by atoms with Crippen LogP contribution < -0.4 is 5.32 Å². The molecule has 1 aromatic rings. The fraction of sp³-hybridized carbons (Fsp3) is 0.875. The van der Waals surface area contributed by atoms with Crippen molar-refractivity contribution in [2.24, 2.45) is 11.8 Å². The molecule has 1 saturated carbocycles. The molecule has 1 aliphatic rings. The van der Waals surface area contributed by atoms with Crippen molar-refractivity contribution in [1.82, 2.24) is 20.3 Å². The highest BCUT2D eigenvalue weighted by atomic mass is 15.4. The van der Waals surface area contributed by atoms with Crippen molar-refractivity contribution < 1.29 is 0 Å². The van der Waals surface area contributed by atoms with Crippen LogP contribution in [0, 0.1) is 11.8 Å². The van der Waals surface area contributed by atoms with Gasteiger partial charge >= 0.3 is 0 Å². The van der Waals surface area contributed by atoms with Crippen LogP contribution in [0.1, 0.15) is 71.0 Å². The third-order valence-electron chi connectivity index (χ3n) is 4.70. The molecule has 4 nitrogen and oxygen atoms in total. The average Bonchev–Trinajstić information content (AvgIpc) is 2.93. The molecule has 1 N–H and O–H groups in total. The Kier molecular flexibility index (Phi) is 6.02. The first kappa shape index (κ1) is 15.5. The van der Waals surface area contributed by atoms with E-state index in [9.17, 15) is 0 Å². The van der Waals surface area contributed by atoms with Gasteiger partial charge in [0.1, 0.15) is 0 Å². The number of nitrogens with one attached hydrogen (secondary N) is 1. The van der Waals surface area contributed by atoms with Crippen LogP contribution in [0.25, 0.3) is 0 Å². The van der Waals surface area contributed by atoms with Crippen molar-refractivity contribution in [1.29, 1.82) is 0 Å². The largest absolute Gasteiger partial charge is 0.309 e. The summed E-state index contributed by atoms with van der Waals surface area (Å²) in [7, 11) is 0. The lowest BCUT2D eigenvalue weighted by Crippen LogP contribution is -2.33. The minimum Gasteiger partial charge on any atom is -0.309 e. The second kappa shape index (κ2) is 7.77. The summed E-state index contributed by atoms with van der Waals surface area (Å²) in [6.45, 7) is 8.71. The van der Waals surface area contributed by atoms with E-state index >= 15 is 0 Å². The fourth-order valence-corrected chi connectivity index (χ4v) is 3.63. The lowest BCUT2D eigenvalue weighted by Gasteiger charge is -2.34. The zero-order valence-corrected chi connectivity index (χ0v) is 13.3. The van der Waals surface area contributed by atoms with Gasteiger partial charge in [-0.15, -0.1) is 5.10 Å². The summed E-state index contributed by atoms with van der Waals surface area (Å²) in [5, 5.41) is 12.1. The highest BCUT2D eigenvalue weighted by Crippen LogP contribution is 2.38. The van der Waals surface area contributed by atoms with E-state index in [1.54, 1.807) is 0 Å². The monoisotopic (exact) mass is 278 g/mol. The van der Waals surface area contributed by atoms with Gasteiger partial charge in [-0.2, -0.15) is 0 Å². The summed E-state index contributed by atoms with van der Waals surface area (Å²) in [6, 6.07) is 0.427. The van der Waals surface area contributed by atoms with Crippen LogP contribution in [0.3, 0.4) is 0 Å². The smallest absolute Gasteiger partial charge is 0.0759 e. The Morgan fingerprint density at radius 3 is 2.90 bits per heavy atom. The topological polar surface area (TPSA) is 42.7 Å². The summed E-state index contributed by atoms with van der Waals surface area (Å²) >= 11 is 0. The number of hydrogen-bond donors (Lipinski definition) is 1. The van der Waals surface area contributed by atoms with Crippen LogP contribution in [0.15, 0.2) is 6.20 Å². The van der Waals surface area contributed by atoms with Crippen molar-refractivity contribution in [3.8, 4) is 0 Å². The summed E-state index contributed by atoms with van der Waals surface area (Å²) in [6.07, 6.45) is 9.88. The molecule has 4 heteroatoms. The van der Waals surface area contributed by atoms with E-state index in [2.05, 4.69) is 41.1 Å². The number of hydrogen-bond acceptors (Lipinski definition) is 3. The van der Waals surface area contributed by atoms with E-state index in [0.29, 0.717) is 6.04 Å². The summed E-state index contributed by atoms with van der Waals surface area (Å²) < 4.78 is 2.10. The van der Waals surface area contributed by atoms with E-state index in [1.165, 1.54) is 37.8 Å². The number of aryl methyl sites for hydroxylation is 1. The first-order chi connectivity index (χ1) is 9.80. The molecule has 0 saturated heterocycles. The van der Waals surface area contributed by atoms with Crippen LogP contribution in [-0.4, -0.2) is 21.5 Å². The molecule has 0 bridgehead atoms. The van der Waals surface area contributed by atoms with Gasteiger partial charge in [-0.05, 0) is 37.6 Å². The van der Waals surface area contributed by atoms with Gasteiger partial charge in [0.05, 0.1) is 17.9 Å². The maximum Gasteiger partial charge on any atom is 0.0759 e. The number of rotatable bonds is 7. The zero-order valence-electron chi connectivity index (χ0n) is 13.3. The molecule has 0 aromatic carbocycles. The van der Waals surface area contributed by atoms with Crippen LogP contribution in [-0.2, 0) is 6.54 Å². The number of nitrogens with zero attached hydrogens (tertiary/aromatic N) is 3. The second-order valence-electron chi connectivity index (χ2n) is 6.12. The molecule has 3 atom stereocenters. The van der Waals surface area contributed by atoms with Gasteiger partial charge in [-0.3, -0.25) is 0 Å². The lowest BCUT2D eigenvalue weighted by molar-refractivity contribution is 0.204. The van der Waals surface area contributed by atoms with Crippen LogP contribution in [0.2, 0.25) is 0 Å². The lowest BCUT2D eigenvalue weighted by atomic mass is 9.76. The maximum atomic E-state index is 4.27. The third-order valence-corrected chi connectivity index (χ3v) is 4.70. The van der Waals surface area contributed by atoms with Crippen molar-refractivity contribution in [2.45, 2.75) is 71.9 Å². The number of aromatic nitrogens is 3. The predicted molar refractivity (Wildman–Crippen MR) is 82.5 cm³/mol. The molecule has 2 rings (SSSR count). The molecule has 0 amide bonds. The first-order valence-corrected chi connectivity index (χ1v) is 8.41. The molecule has 3 unspecified atom stereocenters. The van der Waals surface area contributed by atoms with Crippen molar-refractivity contribution in [2.75, 3.05) is 6.54 Å². The quantitative estimate of drug-likeness (QED) is 0.829. The molecule has 1 aromatic heterocycles. The Morgan fingerprint density at radius 2 is 2.20 bits per heavy atom. The molecule has 1 heterocycles. The fourth-order valence-electron chi connectivity index (χ4n) is 3.63. The Labute approximate surface area is 123 Å². The summed E-state index contributed by atoms with van der Waals surface area (Å²) in [5.74, 6) is 1.65. The molecule has 114 valence electrons. The summed E-state index contributed by atoms with van der Waals surface area (Å²) in [4.78, 5) is 0. The third kappa shape index (κ3) is 3.60. The maximum absolute atomic E-state index is 4.27. The Balaban J connectivity index is 2.14. The summed E-state index contributed by atoms with van der Waals surface area (Å²) in [5.41, 5.74) is 1.29. The van der Waals surface area contributed by atoms with E-state index in [-0.39, 0.29) is 0 Å². The van der Waals surface area contributed by atoms with Gasteiger partial charge in [0.25, 0.3) is 0 Å². The first-order valence-electron chi connectivity index (χ1n) is 8.41. The van der Waals surface area contributed by atoms with Gasteiger partial charge in [-0.1, -0.05) is 45.2 Å². The minimum atomic E-state index is 0.427. The standard InChI is InChI=1S/C16H30N4/c1-4-10-20-15(12-18-19-20)16(17-6-3)14-9-7-8-13(5-2)11-14/h12-14,16-17H,4-11H2,1-3H3. The van der Waals surface area contributed by atoms with Crippen molar-refractivity contribution >= 4 is 0 Å². The van der Waals surface area contributed by atoms with E-state index < -0.39 is 0 Å². The molecular formula is C16H30N4. The van der Waals surface area contributed by atoms with E-state index in [4.69, 9.17) is 0 Å². The molecule has 0 radical (unpaired) electrons. The second-order valence-corrected chi connectivity index (χ2v) is 6.12. The van der Waals surface area contributed by atoms with E-state index in [1.807, 2.05) is 6.20 Å². The molecule has 0 spiro atoms. The molecule has 1 aliphatic carbocycles. The van der Waals surface area contributed by atoms with Crippen LogP contribution >= 0.6 is 0 Å². The van der Waals surface area contributed by atoms with Gasteiger partial charge in [0.2, 0.25) is 0 Å². The van der Waals surface area contributed by atoms with Gasteiger partial charge in [-0.25, -0.2) is 4.68 Å². The predicted octanol–water partition coefficient (Wildman–Crippen LogP) is 3.56. The molecule has 20 heavy (non-hydrogen) atoms. The van der Waals surface area contributed by atoms with E-state index in [0.717, 1.165) is 31.3 Å².